The first kappa shape index (κ1) is 85.0. The van der Waals surface area contributed by atoms with Crippen LogP contribution in [0.2, 0.25) is 0 Å². The summed E-state index contributed by atoms with van der Waals surface area (Å²) >= 11 is 0. The molecule has 0 aromatic rings. The number of hydrogen-bond donors (Lipinski definition) is 14. The summed E-state index contributed by atoms with van der Waals surface area (Å²) in [5, 5.41) is 136. The summed E-state index contributed by atoms with van der Waals surface area (Å²) in [4.78, 5) is 38.6. The molecule has 93 heavy (non-hydrogen) atoms. The van der Waals surface area contributed by atoms with Crippen LogP contribution in [0.5, 0.6) is 0 Å². The summed E-state index contributed by atoms with van der Waals surface area (Å²) in [5.74, 6) is -6.09. The smallest absolute Gasteiger partial charge is 0.364 e. The molecule has 0 spiro atoms. The summed E-state index contributed by atoms with van der Waals surface area (Å²) in [6.45, 7) is 2.23. The number of carbonyl (C=O) groups excluding carboxylic acids is 2. The molecule has 2 amide bonds. The van der Waals surface area contributed by atoms with E-state index in [9.17, 15) is 75.7 Å². The van der Waals surface area contributed by atoms with Gasteiger partial charge in [-0.3, -0.25) is 9.59 Å². The largest absolute Gasteiger partial charge is 0.477 e. The number of aliphatic hydroxyl groups excluding tert-OH is 11. The van der Waals surface area contributed by atoms with Gasteiger partial charge in [-0.25, -0.2) is 4.79 Å². The molecule has 0 radical (unpaired) electrons. The fourth-order valence-electron chi connectivity index (χ4n) is 13.2. The van der Waals surface area contributed by atoms with Crippen molar-refractivity contribution in [3.8, 4) is 0 Å². The number of hydrogen-bond acceptors (Lipinski definition) is 20. The van der Waals surface area contributed by atoms with Crippen LogP contribution in [0.4, 0.5) is 0 Å². The molecule has 0 aliphatic carbocycles. The van der Waals surface area contributed by atoms with Crippen LogP contribution in [-0.2, 0) is 42.8 Å². The molecular formula is C70H132N2O21. The van der Waals surface area contributed by atoms with Gasteiger partial charge < -0.3 is 100 Å². The molecule has 3 aliphatic heterocycles. The van der Waals surface area contributed by atoms with Gasteiger partial charge >= 0.3 is 5.97 Å². The zero-order valence-electron chi connectivity index (χ0n) is 57.4. The molecule has 3 aliphatic rings. The second-order valence-corrected chi connectivity index (χ2v) is 27.2. The number of carboxylic acid groups (broad SMARTS) is 1. The van der Waals surface area contributed by atoms with Gasteiger partial charge in [-0.15, -0.1) is 0 Å². The number of carboxylic acids is 1. The Morgan fingerprint density at radius 1 is 0.516 bits per heavy atom. The van der Waals surface area contributed by atoms with E-state index in [0.29, 0.717) is 19.3 Å². The van der Waals surface area contributed by atoms with Crippen molar-refractivity contribution in [2.45, 2.75) is 400 Å². The van der Waals surface area contributed by atoms with E-state index < -0.39 is 148 Å². The molecule has 14 N–H and O–H groups in total. The summed E-state index contributed by atoms with van der Waals surface area (Å²) in [7, 11) is 0. The summed E-state index contributed by atoms with van der Waals surface area (Å²) in [5.41, 5.74) is 0. The molecule has 3 fully saturated rings. The molecule has 0 bridgehead atoms. The van der Waals surface area contributed by atoms with Crippen LogP contribution in [0.15, 0.2) is 0 Å². The highest BCUT2D eigenvalue weighted by Gasteiger charge is 2.60. The van der Waals surface area contributed by atoms with Crippen molar-refractivity contribution in [1.29, 1.82) is 0 Å². The van der Waals surface area contributed by atoms with Crippen LogP contribution in [-0.4, -0.2) is 215 Å². The minimum absolute atomic E-state index is 0.229. The van der Waals surface area contributed by atoms with E-state index in [4.69, 9.17) is 28.4 Å². The van der Waals surface area contributed by atoms with Crippen LogP contribution in [0, 0.1) is 0 Å². The molecule has 0 aromatic heterocycles. The van der Waals surface area contributed by atoms with E-state index in [1.165, 1.54) is 193 Å². The van der Waals surface area contributed by atoms with Crippen LogP contribution < -0.4 is 10.6 Å². The van der Waals surface area contributed by atoms with Gasteiger partial charge in [0.2, 0.25) is 11.8 Å². The van der Waals surface area contributed by atoms with Gasteiger partial charge in [0, 0.05) is 19.8 Å². The Bertz CT molecular complexity index is 1880. The van der Waals surface area contributed by atoms with E-state index in [1.54, 1.807) is 0 Å². The highest BCUT2D eigenvalue weighted by molar-refractivity contribution is 5.77. The predicted octanol–water partition coefficient (Wildman–Crippen LogP) is 7.68. The van der Waals surface area contributed by atoms with Gasteiger partial charge in [0.15, 0.2) is 12.6 Å². The molecule has 3 heterocycles. The van der Waals surface area contributed by atoms with E-state index >= 15 is 0 Å². The van der Waals surface area contributed by atoms with E-state index in [1.807, 2.05) is 0 Å². The average molecular weight is 1340 g/mol. The molecule has 0 saturated carbocycles. The van der Waals surface area contributed by atoms with Crippen molar-refractivity contribution in [3.05, 3.63) is 0 Å². The number of rotatable bonds is 57. The SMILES string of the molecule is CCCCCCCCCCCCCCCCCCCCCCCCCCCC(=O)NC(COC1OC(CO)C(OC2OC(CO)C(O)C(OC3(C(=O)O)CC(O)C(NC(C)=O)C(C(O)C(O)CO)O3)C2O)C(O)C1O)C(O)CCCCCCCCCCCCCCCC. The van der Waals surface area contributed by atoms with Crippen LogP contribution >= 0.6 is 0 Å². The Labute approximate surface area is 557 Å². The average Bonchev–Trinajstić information content (AvgIpc) is 0.765. The maximum absolute atomic E-state index is 13.5. The molecule has 548 valence electrons. The van der Waals surface area contributed by atoms with Crippen molar-refractivity contribution in [2.75, 3.05) is 26.4 Å². The summed E-state index contributed by atoms with van der Waals surface area (Å²) in [6.07, 6.45) is 19.7. The van der Waals surface area contributed by atoms with Crippen molar-refractivity contribution in [1.82, 2.24) is 10.6 Å². The Kier molecular flexibility index (Phi) is 46.6. The third kappa shape index (κ3) is 33.0. The predicted molar refractivity (Wildman–Crippen MR) is 352 cm³/mol. The van der Waals surface area contributed by atoms with Crippen molar-refractivity contribution >= 4 is 17.8 Å². The third-order valence-electron chi connectivity index (χ3n) is 19.1. The van der Waals surface area contributed by atoms with Crippen molar-refractivity contribution in [3.63, 3.8) is 0 Å². The number of ether oxygens (including phenoxy) is 6. The minimum Gasteiger partial charge on any atom is -0.477 e. The maximum atomic E-state index is 13.5. The first-order chi connectivity index (χ1) is 44.9. The van der Waals surface area contributed by atoms with Gasteiger partial charge in [-0.1, -0.05) is 258 Å². The molecule has 23 heteroatoms. The van der Waals surface area contributed by atoms with Gasteiger partial charge in [-0.05, 0) is 12.8 Å². The topological polar surface area (TPSA) is 373 Å². The van der Waals surface area contributed by atoms with Crippen LogP contribution in [0.25, 0.3) is 0 Å². The Morgan fingerprint density at radius 2 is 0.935 bits per heavy atom. The molecule has 18 atom stereocenters. The first-order valence-corrected chi connectivity index (χ1v) is 36.9. The zero-order chi connectivity index (χ0) is 68.2. The maximum Gasteiger partial charge on any atom is 0.364 e. The number of unbranched alkanes of at least 4 members (excludes halogenated alkanes) is 37. The fourth-order valence-corrected chi connectivity index (χ4v) is 13.2. The highest BCUT2D eigenvalue weighted by atomic mass is 16.8. The lowest BCUT2D eigenvalue weighted by Gasteiger charge is -2.50. The van der Waals surface area contributed by atoms with Gasteiger partial charge in [0.1, 0.15) is 67.1 Å². The summed E-state index contributed by atoms with van der Waals surface area (Å²) < 4.78 is 34.9. The Morgan fingerprint density at radius 3 is 1.34 bits per heavy atom. The standard InChI is InChI=1S/C70H132N2O21/c1-4-6-8-10-12-14-16-18-20-21-22-23-24-25-26-27-28-29-30-32-34-36-38-40-42-44-57(80)72-51(52(77)43-41-39-37-35-33-31-19-17-15-13-11-9-7-5-2)49-88-67-62(84)61(83)64(56(48-75)90-67)91-68-63(85)66(60(82)55(47-74)89-68)93-70(69(86)87)45-53(78)58(71-50(3)76)65(92-70)59(81)54(79)46-73/h51-56,58-68,73-75,77-79,81-85H,4-49H2,1-3H3,(H,71,76)(H,72,80)(H,86,87). The van der Waals surface area contributed by atoms with E-state index in [-0.39, 0.29) is 18.9 Å². The third-order valence-corrected chi connectivity index (χ3v) is 19.1. The lowest BCUT2D eigenvalue weighted by Crippen LogP contribution is -2.70. The molecule has 18 unspecified atom stereocenters. The lowest BCUT2D eigenvalue weighted by atomic mass is 9.88. The lowest BCUT2D eigenvalue weighted by molar-refractivity contribution is -0.386. The number of amides is 2. The van der Waals surface area contributed by atoms with Crippen LogP contribution in [0.1, 0.15) is 290 Å². The first-order valence-electron chi connectivity index (χ1n) is 36.9. The van der Waals surface area contributed by atoms with E-state index in [2.05, 4.69) is 24.5 Å². The van der Waals surface area contributed by atoms with Gasteiger partial charge in [-0.2, -0.15) is 0 Å². The van der Waals surface area contributed by atoms with Crippen molar-refractivity contribution in [2.24, 2.45) is 0 Å². The molecule has 23 nitrogen and oxygen atoms in total. The minimum atomic E-state index is -3.08. The Hall–Kier alpha value is -2.27. The molecule has 3 saturated heterocycles. The monoisotopic (exact) mass is 1340 g/mol. The number of aliphatic hydroxyl groups is 11. The summed E-state index contributed by atoms with van der Waals surface area (Å²) in [6, 6.07) is -2.52. The molecule has 3 rings (SSSR count). The van der Waals surface area contributed by atoms with Crippen LogP contribution in [0.3, 0.4) is 0 Å². The van der Waals surface area contributed by atoms with Gasteiger partial charge in [0.25, 0.3) is 5.79 Å². The number of nitrogens with one attached hydrogen (secondary N) is 2. The number of aliphatic carboxylic acids is 1. The zero-order valence-corrected chi connectivity index (χ0v) is 57.4. The Balaban J connectivity index is 1.53. The van der Waals surface area contributed by atoms with Gasteiger partial charge in [0.05, 0.1) is 50.7 Å². The quantitative estimate of drug-likeness (QED) is 0.0260. The number of carbonyl (C=O) groups is 3. The highest BCUT2D eigenvalue weighted by Crippen LogP contribution is 2.39. The second-order valence-electron chi connectivity index (χ2n) is 27.2. The molecule has 0 aromatic carbocycles. The van der Waals surface area contributed by atoms with E-state index in [0.717, 1.165) is 51.9 Å². The normalized spacial score (nSPS) is 28.0. The molecular weight excluding hydrogens is 1200 g/mol. The fraction of sp³-hybridized carbons (Fsp3) is 0.957. The van der Waals surface area contributed by atoms with Crippen molar-refractivity contribution < 1.29 is 104 Å². The second kappa shape index (κ2) is 51.0.